The van der Waals surface area contributed by atoms with Crippen LogP contribution in [0.15, 0.2) is 23.1 Å². The van der Waals surface area contributed by atoms with Crippen LogP contribution in [0.1, 0.15) is 5.56 Å². The van der Waals surface area contributed by atoms with Gasteiger partial charge in [0.25, 0.3) is 0 Å². The fourth-order valence-corrected chi connectivity index (χ4v) is 1.85. The lowest BCUT2D eigenvalue weighted by Crippen LogP contribution is -2.11. The lowest BCUT2D eigenvalue weighted by molar-refractivity contribution is 0.356. The molecule has 1 aliphatic heterocycles. The molecule has 0 atom stereocenters. The van der Waals surface area contributed by atoms with E-state index in [4.69, 9.17) is 9.88 Å². The first-order valence-electron chi connectivity index (χ1n) is 3.86. The van der Waals surface area contributed by atoms with Crippen molar-refractivity contribution in [2.45, 2.75) is 11.3 Å². The van der Waals surface area contributed by atoms with Crippen LogP contribution in [-0.2, 0) is 16.4 Å². The van der Waals surface area contributed by atoms with Crippen LogP contribution < -0.4 is 9.88 Å². The number of benzene rings is 1. The number of fused-ring (bicyclic) bond motifs is 1. The third-order valence-corrected chi connectivity index (χ3v) is 2.91. The Bertz CT molecular complexity index is 439. The summed E-state index contributed by atoms with van der Waals surface area (Å²) in [6, 6.07) is 4.71. The minimum Gasteiger partial charge on any atom is -0.493 e. The molecule has 13 heavy (non-hydrogen) atoms. The van der Waals surface area contributed by atoms with Gasteiger partial charge in [0.15, 0.2) is 0 Å². The van der Waals surface area contributed by atoms with E-state index in [0.29, 0.717) is 12.4 Å². The van der Waals surface area contributed by atoms with E-state index < -0.39 is 10.0 Å². The molecule has 0 fully saturated rings. The van der Waals surface area contributed by atoms with Gasteiger partial charge in [0.1, 0.15) is 5.75 Å². The highest BCUT2D eigenvalue weighted by Gasteiger charge is 2.15. The van der Waals surface area contributed by atoms with E-state index >= 15 is 0 Å². The van der Waals surface area contributed by atoms with Crippen molar-refractivity contribution in [3.05, 3.63) is 23.8 Å². The second kappa shape index (κ2) is 2.71. The molecule has 1 heterocycles. The van der Waals surface area contributed by atoms with E-state index in [1.165, 1.54) is 12.1 Å². The molecule has 1 aromatic carbocycles. The summed E-state index contributed by atoms with van der Waals surface area (Å²) in [6.07, 6.45) is 0.834. The van der Waals surface area contributed by atoms with Crippen LogP contribution in [-0.4, -0.2) is 15.0 Å². The average Bonchev–Trinajstić information content (AvgIpc) is 2.47. The summed E-state index contributed by atoms with van der Waals surface area (Å²) in [5.41, 5.74) is 1.03. The smallest absolute Gasteiger partial charge is 0.238 e. The summed E-state index contributed by atoms with van der Waals surface area (Å²) in [5.74, 6) is 0.631. The van der Waals surface area contributed by atoms with Crippen LogP contribution in [0.4, 0.5) is 0 Å². The van der Waals surface area contributed by atoms with Gasteiger partial charge in [-0.2, -0.15) is 0 Å². The minimum atomic E-state index is -3.60. The van der Waals surface area contributed by atoms with Crippen LogP contribution >= 0.6 is 0 Å². The van der Waals surface area contributed by atoms with Gasteiger partial charge in [0.2, 0.25) is 10.0 Å². The quantitative estimate of drug-likeness (QED) is 0.705. The van der Waals surface area contributed by atoms with Crippen LogP contribution in [0.3, 0.4) is 0 Å². The van der Waals surface area contributed by atoms with E-state index in [2.05, 4.69) is 0 Å². The number of rotatable bonds is 1. The molecule has 0 radical (unpaired) electrons. The van der Waals surface area contributed by atoms with Crippen LogP contribution in [0, 0.1) is 0 Å². The Morgan fingerprint density at radius 3 is 2.85 bits per heavy atom. The van der Waals surface area contributed by atoms with Crippen molar-refractivity contribution in [2.75, 3.05) is 6.61 Å². The van der Waals surface area contributed by atoms with Crippen molar-refractivity contribution in [1.29, 1.82) is 0 Å². The molecule has 1 aromatic rings. The summed E-state index contributed by atoms with van der Waals surface area (Å²) in [6.45, 7) is 0.614. The molecule has 0 aromatic heterocycles. The fourth-order valence-electron chi connectivity index (χ4n) is 1.32. The Morgan fingerprint density at radius 1 is 1.38 bits per heavy atom. The SMILES string of the molecule is NS(=O)(=O)c1ccc2c(c1)OCC2. The molecule has 4 nitrogen and oxygen atoms in total. The number of primary sulfonamides is 1. The molecule has 70 valence electrons. The van der Waals surface area contributed by atoms with Crippen molar-refractivity contribution in [3.8, 4) is 5.75 Å². The van der Waals surface area contributed by atoms with Gasteiger partial charge in [0, 0.05) is 12.5 Å². The molecule has 0 aliphatic carbocycles. The second-order valence-corrected chi connectivity index (χ2v) is 4.47. The molecule has 0 amide bonds. The molecule has 2 N–H and O–H groups in total. The van der Waals surface area contributed by atoms with E-state index in [9.17, 15) is 8.42 Å². The molecular formula is C8H9NO3S. The number of hydrogen-bond acceptors (Lipinski definition) is 3. The molecule has 5 heteroatoms. The average molecular weight is 199 g/mol. The van der Waals surface area contributed by atoms with Crippen molar-refractivity contribution in [2.24, 2.45) is 5.14 Å². The highest BCUT2D eigenvalue weighted by atomic mass is 32.2. The van der Waals surface area contributed by atoms with Gasteiger partial charge < -0.3 is 4.74 Å². The normalized spacial score (nSPS) is 15.2. The molecule has 0 saturated carbocycles. The maximum Gasteiger partial charge on any atom is 0.238 e. The Kier molecular flexibility index (Phi) is 1.78. The third kappa shape index (κ3) is 1.52. The standard InChI is InChI=1S/C8H9NO3S/c9-13(10,11)7-2-1-6-3-4-12-8(6)5-7/h1-2,5H,3-4H2,(H2,9,10,11). The molecule has 1 aliphatic rings. The third-order valence-electron chi connectivity index (χ3n) is 2.00. The number of hydrogen-bond donors (Lipinski definition) is 1. The van der Waals surface area contributed by atoms with Crippen molar-refractivity contribution in [3.63, 3.8) is 0 Å². The summed E-state index contributed by atoms with van der Waals surface area (Å²) in [5, 5.41) is 4.97. The topological polar surface area (TPSA) is 69.4 Å². The first-order chi connectivity index (χ1) is 6.07. The molecule has 2 rings (SSSR count). The molecule has 0 spiro atoms. The monoisotopic (exact) mass is 199 g/mol. The summed E-state index contributed by atoms with van der Waals surface area (Å²) in [4.78, 5) is 0.105. The number of nitrogens with two attached hydrogens (primary N) is 1. The van der Waals surface area contributed by atoms with Gasteiger partial charge in [-0.15, -0.1) is 0 Å². The first kappa shape index (κ1) is 8.52. The van der Waals surface area contributed by atoms with Gasteiger partial charge >= 0.3 is 0 Å². The lowest BCUT2D eigenvalue weighted by atomic mass is 10.2. The van der Waals surface area contributed by atoms with Gasteiger partial charge in [-0.3, -0.25) is 0 Å². The van der Waals surface area contributed by atoms with Crippen molar-refractivity contribution >= 4 is 10.0 Å². The highest BCUT2D eigenvalue weighted by Crippen LogP contribution is 2.27. The Balaban J connectivity index is 2.54. The Hall–Kier alpha value is -1.07. The Labute approximate surface area is 76.4 Å². The van der Waals surface area contributed by atoms with Gasteiger partial charge in [-0.05, 0) is 11.6 Å². The highest BCUT2D eigenvalue weighted by molar-refractivity contribution is 7.89. The summed E-state index contributed by atoms with van der Waals surface area (Å²) < 4.78 is 27.1. The minimum absolute atomic E-state index is 0.105. The molecular weight excluding hydrogens is 190 g/mol. The number of sulfonamides is 1. The zero-order chi connectivity index (χ0) is 9.47. The maximum atomic E-state index is 11.0. The largest absolute Gasteiger partial charge is 0.493 e. The molecule has 0 unspecified atom stereocenters. The van der Waals surface area contributed by atoms with Crippen LogP contribution in [0.2, 0.25) is 0 Å². The summed E-state index contributed by atoms with van der Waals surface area (Å²) >= 11 is 0. The van der Waals surface area contributed by atoms with E-state index in [1.807, 2.05) is 0 Å². The van der Waals surface area contributed by atoms with Gasteiger partial charge in [0.05, 0.1) is 11.5 Å². The number of ether oxygens (including phenoxy) is 1. The maximum absolute atomic E-state index is 11.0. The lowest BCUT2D eigenvalue weighted by Gasteiger charge is -2.01. The van der Waals surface area contributed by atoms with Gasteiger partial charge in [-0.1, -0.05) is 6.07 Å². The van der Waals surface area contributed by atoms with E-state index in [1.54, 1.807) is 6.07 Å². The molecule has 0 saturated heterocycles. The first-order valence-corrected chi connectivity index (χ1v) is 5.40. The zero-order valence-electron chi connectivity index (χ0n) is 6.86. The van der Waals surface area contributed by atoms with Gasteiger partial charge in [-0.25, -0.2) is 13.6 Å². The summed E-state index contributed by atoms with van der Waals surface area (Å²) in [7, 11) is -3.60. The van der Waals surface area contributed by atoms with Crippen molar-refractivity contribution in [1.82, 2.24) is 0 Å². The van der Waals surface area contributed by atoms with E-state index in [-0.39, 0.29) is 4.90 Å². The van der Waals surface area contributed by atoms with Crippen molar-refractivity contribution < 1.29 is 13.2 Å². The van der Waals surface area contributed by atoms with E-state index in [0.717, 1.165) is 12.0 Å². The van der Waals surface area contributed by atoms with Crippen LogP contribution in [0.25, 0.3) is 0 Å². The predicted molar refractivity (Wildman–Crippen MR) is 47.0 cm³/mol. The Morgan fingerprint density at radius 2 is 2.15 bits per heavy atom. The second-order valence-electron chi connectivity index (χ2n) is 2.91. The van der Waals surface area contributed by atoms with Crippen LogP contribution in [0.5, 0.6) is 5.75 Å². The molecule has 0 bridgehead atoms. The predicted octanol–water partition coefficient (Wildman–Crippen LogP) is 0.269. The fraction of sp³-hybridized carbons (Fsp3) is 0.250. The zero-order valence-corrected chi connectivity index (χ0v) is 7.67.